The van der Waals surface area contributed by atoms with Crippen molar-refractivity contribution in [2.45, 2.75) is 37.1 Å². The highest BCUT2D eigenvalue weighted by Gasteiger charge is 2.46. The van der Waals surface area contributed by atoms with Gasteiger partial charge in [-0.3, -0.25) is 9.59 Å². The molecular formula is C29H30N2O4S. The van der Waals surface area contributed by atoms with Crippen molar-refractivity contribution in [2.75, 3.05) is 31.3 Å². The Labute approximate surface area is 216 Å². The fourth-order valence-corrected chi connectivity index (χ4v) is 5.73. The summed E-state index contributed by atoms with van der Waals surface area (Å²) < 4.78 is 11.8. The van der Waals surface area contributed by atoms with E-state index < -0.39 is 12.0 Å². The smallest absolute Gasteiger partial charge is 0.254 e. The Bertz CT molecular complexity index is 1310. The minimum atomic E-state index is -0.566. The van der Waals surface area contributed by atoms with Crippen LogP contribution < -0.4 is 14.8 Å². The predicted molar refractivity (Wildman–Crippen MR) is 142 cm³/mol. The summed E-state index contributed by atoms with van der Waals surface area (Å²) in [7, 11) is 0. The molecule has 0 spiro atoms. The van der Waals surface area contributed by atoms with Gasteiger partial charge in [0.05, 0.1) is 25.2 Å². The Morgan fingerprint density at radius 1 is 1.00 bits per heavy atom. The molecule has 5 rings (SSSR count). The predicted octanol–water partition coefficient (Wildman–Crippen LogP) is 5.68. The molecule has 2 aliphatic rings. The van der Waals surface area contributed by atoms with E-state index >= 15 is 0 Å². The quantitative estimate of drug-likeness (QED) is 0.421. The summed E-state index contributed by atoms with van der Waals surface area (Å²) in [6.45, 7) is 5.43. The van der Waals surface area contributed by atoms with Gasteiger partial charge in [-0.15, -0.1) is 11.8 Å². The van der Waals surface area contributed by atoms with Gasteiger partial charge in [0.15, 0.2) is 11.5 Å². The molecule has 0 saturated carbocycles. The van der Waals surface area contributed by atoms with E-state index in [0.717, 1.165) is 27.3 Å². The average Bonchev–Trinajstić information content (AvgIpc) is 2.89. The highest BCUT2D eigenvalue weighted by Crippen LogP contribution is 2.48. The molecule has 0 fully saturated rings. The van der Waals surface area contributed by atoms with E-state index in [1.165, 1.54) is 0 Å². The van der Waals surface area contributed by atoms with Crippen LogP contribution in [-0.2, 0) is 11.2 Å². The summed E-state index contributed by atoms with van der Waals surface area (Å²) in [6, 6.07) is 18.8. The molecule has 2 amide bonds. The number of hydrogen-bond acceptors (Lipinski definition) is 5. The lowest BCUT2D eigenvalue weighted by Crippen LogP contribution is -2.49. The molecule has 2 aliphatic heterocycles. The van der Waals surface area contributed by atoms with Crippen LogP contribution in [0, 0.1) is 0 Å². The molecule has 2 heterocycles. The first-order chi connectivity index (χ1) is 17.5. The van der Waals surface area contributed by atoms with Gasteiger partial charge in [0.1, 0.15) is 0 Å². The zero-order valence-corrected chi connectivity index (χ0v) is 21.6. The zero-order chi connectivity index (χ0) is 25.2. The van der Waals surface area contributed by atoms with Gasteiger partial charge in [-0.1, -0.05) is 24.3 Å². The molecule has 6 nitrogen and oxygen atoms in total. The molecule has 0 aliphatic carbocycles. The van der Waals surface area contributed by atoms with E-state index in [9.17, 15) is 9.59 Å². The lowest BCUT2D eigenvalue weighted by atomic mass is 9.75. The summed E-state index contributed by atoms with van der Waals surface area (Å²) in [6.07, 6.45) is 2.70. The number of rotatable bonds is 7. The molecule has 36 heavy (non-hydrogen) atoms. The van der Waals surface area contributed by atoms with Gasteiger partial charge in [-0.05, 0) is 79.6 Å². The molecule has 0 saturated heterocycles. The maximum absolute atomic E-state index is 14.0. The summed E-state index contributed by atoms with van der Waals surface area (Å²) in [5.41, 5.74) is 4.10. The Balaban J connectivity index is 1.63. The highest BCUT2D eigenvalue weighted by molar-refractivity contribution is 7.98. The summed E-state index contributed by atoms with van der Waals surface area (Å²) in [5, 5.41) is 3.13. The SMILES string of the molecule is CCOc1cc2c(cc1OCC)[C@@H]1[C@H](C(=O)Nc3cccc(SC)c3)c3ccccc3C(=O)N1CC2. The maximum Gasteiger partial charge on any atom is 0.254 e. The van der Waals surface area contributed by atoms with Crippen LogP contribution in [0.4, 0.5) is 5.69 Å². The lowest BCUT2D eigenvalue weighted by Gasteiger charge is -2.45. The van der Waals surface area contributed by atoms with E-state index in [1.54, 1.807) is 11.8 Å². The second-order valence-corrected chi connectivity index (χ2v) is 9.72. The number of hydrogen-bond donors (Lipinski definition) is 1. The van der Waals surface area contributed by atoms with Gasteiger partial charge < -0.3 is 19.7 Å². The van der Waals surface area contributed by atoms with Crippen LogP contribution in [0.15, 0.2) is 65.6 Å². The van der Waals surface area contributed by atoms with Crippen LogP contribution in [0.1, 0.15) is 52.9 Å². The van der Waals surface area contributed by atoms with Gasteiger partial charge in [0.25, 0.3) is 5.91 Å². The third-order valence-electron chi connectivity index (χ3n) is 6.80. The Morgan fingerprint density at radius 3 is 2.50 bits per heavy atom. The minimum absolute atomic E-state index is 0.0403. The van der Waals surface area contributed by atoms with E-state index in [1.807, 2.05) is 85.7 Å². The van der Waals surface area contributed by atoms with Crippen molar-refractivity contribution in [1.82, 2.24) is 4.90 Å². The fourth-order valence-electron chi connectivity index (χ4n) is 5.27. The lowest BCUT2D eigenvalue weighted by molar-refractivity contribution is -0.119. The van der Waals surface area contributed by atoms with Crippen LogP contribution in [0.25, 0.3) is 0 Å². The first kappa shape index (κ1) is 24.3. The van der Waals surface area contributed by atoms with Crippen LogP contribution in [0.3, 0.4) is 0 Å². The van der Waals surface area contributed by atoms with E-state index in [0.29, 0.717) is 43.2 Å². The Kier molecular flexibility index (Phi) is 6.92. The second kappa shape index (κ2) is 10.3. The number of carbonyl (C=O) groups excluding carboxylic acids is 2. The molecule has 2 atom stereocenters. The monoisotopic (exact) mass is 502 g/mol. The molecule has 0 unspecified atom stereocenters. The van der Waals surface area contributed by atoms with Gasteiger partial charge in [0, 0.05) is 22.7 Å². The van der Waals surface area contributed by atoms with Crippen LogP contribution in [0.2, 0.25) is 0 Å². The maximum atomic E-state index is 14.0. The van der Waals surface area contributed by atoms with Gasteiger partial charge in [0.2, 0.25) is 5.91 Å². The van der Waals surface area contributed by atoms with Crippen molar-refractivity contribution in [1.29, 1.82) is 0 Å². The number of nitrogens with zero attached hydrogens (tertiary/aromatic N) is 1. The molecule has 0 radical (unpaired) electrons. The van der Waals surface area contributed by atoms with E-state index in [4.69, 9.17) is 9.47 Å². The minimum Gasteiger partial charge on any atom is -0.490 e. The first-order valence-corrected chi connectivity index (χ1v) is 13.5. The largest absolute Gasteiger partial charge is 0.490 e. The normalized spacial score (nSPS) is 18.1. The van der Waals surface area contributed by atoms with Crippen molar-refractivity contribution >= 4 is 29.3 Å². The van der Waals surface area contributed by atoms with Crippen molar-refractivity contribution in [3.05, 3.63) is 82.9 Å². The van der Waals surface area contributed by atoms with Crippen LogP contribution in [0.5, 0.6) is 11.5 Å². The molecule has 0 aromatic heterocycles. The summed E-state index contributed by atoms with van der Waals surface area (Å²) in [5.74, 6) is 0.592. The van der Waals surface area contributed by atoms with E-state index in [-0.39, 0.29) is 11.8 Å². The summed E-state index contributed by atoms with van der Waals surface area (Å²) >= 11 is 1.62. The number of fused-ring (bicyclic) bond motifs is 4. The van der Waals surface area contributed by atoms with E-state index in [2.05, 4.69) is 5.32 Å². The van der Waals surface area contributed by atoms with Crippen molar-refractivity contribution in [3.8, 4) is 11.5 Å². The fraction of sp³-hybridized carbons (Fsp3) is 0.310. The molecule has 3 aromatic carbocycles. The van der Waals surface area contributed by atoms with Crippen molar-refractivity contribution < 1.29 is 19.1 Å². The molecule has 186 valence electrons. The number of amides is 2. The molecular weight excluding hydrogens is 472 g/mol. The molecule has 3 aromatic rings. The first-order valence-electron chi connectivity index (χ1n) is 12.3. The highest BCUT2D eigenvalue weighted by atomic mass is 32.2. The standard InChI is InChI=1S/C29H30N2O4S/c1-4-34-24-15-18-13-14-31-27(23(18)17-25(24)35-5-2)26(21-11-6-7-12-22(21)29(31)33)28(32)30-19-9-8-10-20(16-19)36-3/h6-12,15-17,26-27H,4-5,13-14H2,1-3H3,(H,30,32)/t26-,27-/m1/s1. The Hall–Kier alpha value is -3.45. The number of benzene rings is 3. The third kappa shape index (κ3) is 4.32. The number of ether oxygens (including phenoxy) is 2. The van der Waals surface area contributed by atoms with Gasteiger partial charge >= 0.3 is 0 Å². The average molecular weight is 503 g/mol. The number of nitrogens with one attached hydrogen (secondary N) is 1. The summed E-state index contributed by atoms with van der Waals surface area (Å²) in [4.78, 5) is 30.5. The van der Waals surface area contributed by atoms with Crippen LogP contribution in [-0.4, -0.2) is 42.7 Å². The Morgan fingerprint density at radius 2 is 1.75 bits per heavy atom. The topological polar surface area (TPSA) is 67.9 Å². The zero-order valence-electron chi connectivity index (χ0n) is 20.7. The number of carbonyl (C=O) groups is 2. The number of anilines is 1. The second-order valence-electron chi connectivity index (χ2n) is 8.84. The number of thioether (sulfide) groups is 1. The van der Waals surface area contributed by atoms with Crippen molar-refractivity contribution in [2.24, 2.45) is 0 Å². The van der Waals surface area contributed by atoms with Crippen LogP contribution >= 0.6 is 11.8 Å². The van der Waals surface area contributed by atoms with Gasteiger partial charge in [-0.2, -0.15) is 0 Å². The molecule has 1 N–H and O–H groups in total. The molecule has 0 bridgehead atoms. The van der Waals surface area contributed by atoms with Gasteiger partial charge in [-0.25, -0.2) is 0 Å². The van der Waals surface area contributed by atoms with Crippen molar-refractivity contribution in [3.63, 3.8) is 0 Å². The molecule has 7 heteroatoms. The third-order valence-corrected chi connectivity index (χ3v) is 7.53.